The van der Waals surface area contributed by atoms with Crippen LogP contribution in [0.15, 0.2) is 28.7 Å². The number of halogens is 4. The molecule has 3 nitrogen and oxygen atoms in total. The molecule has 2 rings (SSSR count). The van der Waals surface area contributed by atoms with E-state index in [0.717, 1.165) is 4.90 Å². The first-order valence-electron chi connectivity index (χ1n) is 10.4. The van der Waals surface area contributed by atoms with Gasteiger partial charge in [0.15, 0.2) is 14.4 Å². The van der Waals surface area contributed by atoms with Gasteiger partial charge < -0.3 is 9.33 Å². The predicted molar refractivity (Wildman–Crippen MR) is 120 cm³/mol. The maximum Gasteiger partial charge on any atom is 0.413 e. The van der Waals surface area contributed by atoms with E-state index in [1.807, 2.05) is 0 Å². The molecule has 1 fully saturated rings. The number of hydrogen-bond acceptors (Lipinski definition) is 2. The van der Waals surface area contributed by atoms with E-state index in [-0.39, 0.29) is 16.7 Å². The highest BCUT2D eigenvalue weighted by Crippen LogP contribution is 2.41. The summed E-state index contributed by atoms with van der Waals surface area (Å²) in [5.41, 5.74) is 0.0662. The summed E-state index contributed by atoms with van der Waals surface area (Å²) in [6.45, 7) is 10.9. The van der Waals surface area contributed by atoms with Crippen LogP contribution in [0.3, 0.4) is 0 Å². The van der Waals surface area contributed by atoms with Crippen molar-refractivity contribution in [2.75, 3.05) is 7.05 Å². The van der Waals surface area contributed by atoms with Crippen LogP contribution < -0.4 is 0 Å². The Balaban J connectivity index is 2.06. The quantitative estimate of drug-likeness (QED) is 0.398. The molecule has 170 valence electrons. The van der Waals surface area contributed by atoms with Gasteiger partial charge in [0.05, 0.1) is 0 Å². The highest BCUT2D eigenvalue weighted by Gasteiger charge is 2.47. The van der Waals surface area contributed by atoms with Gasteiger partial charge >= 0.3 is 6.18 Å². The van der Waals surface area contributed by atoms with Gasteiger partial charge in [0, 0.05) is 23.5 Å². The highest BCUT2D eigenvalue weighted by molar-refractivity contribution is 9.10. The molecule has 0 unspecified atom stereocenters. The fraction of sp³-hybridized carbons (Fsp3) is 0.682. The van der Waals surface area contributed by atoms with Crippen LogP contribution in [0.4, 0.5) is 13.2 Å². The van der Waals surface area contributed by atoms with Gasteiger partial charge in [-0.05, 0) is 61.5 Å². The van der Waals surface area contributed by atoms with Crippen LogP contribution in [-0.4, -0.2) is 38.5 Å². The zero-order chi connectivity index (χ0) is 22.9. The summed E-state index contributed by atoms with van der Waals surface area (Å²) in [4.78, 5) is 13.8. The summed E-state index contributed by atoms with van der Waals surface area (Å²) in [7, 11) is -0.638. The average Bonchev–Trinajstić information content (AvgIpc) is 2.61. The van der Waals surface area contributed by atoms with E-state index in [1.54, 1.807) is 12.1 Å². The summed E-state index contributed by atoms with van der Waals surface area (Å²) in [5, 5.41) is 0.102. The first-order chi connectivity index (χ1) is 13.6. The molecular weight excluding hydrogens is 475 g/mol. The van der Waals surface area contributed by atoms with Gasteiger partial charge in [-0.1, -0.05) is 48.8 Å². The number of rotatable bonds is 5. The van der Waals surface area contributed by atoms with Crippen LogP contribution in [0.25, 0.3) is 0 Å². The molecule has 0 radical (unpaired) electrons. The minimum absolute atomic E-state index is 0.0662. The molecule has 0 heterocycles. The summed E-state index contributed by atoms with van der Waals surface area (Å²) in [6.07, 6.45) is -1.90. The fourth-order valence-corrected chi connectivity index (χ4v) is 5.40. The molecule has 1 aromatic carbocycles. The topological polar surface area (TPSA) is 29.5 Å². The Labute approximate surface area is 187 Å². The summed E-state index contributed by atoms with van der Waals surface area (Å²) < 4.78 is 48.6. The Morgan fingerprint density at radius 2 is 1.60 bits per heavy atom. The Morgan fingerprint density at radius 1 is 1.10 bits per heavy atom. The molecule has 0 N–H and O–H groups in total. The van der Waals surface area contributed by atoms with Gasteiger partial charge in [-0.2, -0.15) is 13.2 Å². The van der Waals surface area contributed by atoms with Gasteiger partial charge in [0.1, 0.15) is 0 Å². The van der Waals surface area contributed by atoms with Crippen molar-refractivity contribution in [3.63, 3.8) is 0 Å². The first kappa shape index (κ1) is 25.4. The fourth-order valence-electron chi connectivity index (χ4n) is 3.71. The van der Waals surface area contributed by atoms with Crippen molar-refractivity contribution in [2.45, 2.75) is 82.9 Å². The van der Waals surface area contributed by atoms with E-state index in [2.05, 4.69) is 49.8 Å². The number of benzene rings is 1. The van der Waals surface area contributed by atoms with Gasteiger partial charge in [-0.25, -0.2) is 0 Å². The number of hydrogen-bond donors (Lipinski definition) is 0. The van der Waals surface area contributed by atoms with Gasteiger partial charge in [-0.15, -0.1) is 0 Å². The molecule has 1 aliphatic rings. The van der Waals surface area contributed by atoms with Crippen molar-refractivity contribution < 1.29 is 22.4 Å². The van der Waals surface area contributed by atoms with Crippen LogP contribution in [0, 0.1) is 5.92 Å². The van der Waals surface area contributed by atoms with Crippen molar-refractivity contribution in [3.8, 4) is 0 Å². The zero-order valence-electron chi connectivity index (χ0n) is 18.6. The normalized spacial score (nSPS) is 21.9. The van der Waals surface area contributed by atoms with E-state index < -0.39 is 32.4 Å². The number of nitrogens with zero attached hydrogens (tertiary/aromatic N) is 1. The summed E-state index contributed by atoms with van der Waals surface area (Å²) in [5.74, 6) is -0.833. The maximum atomic E-state index is 13.8. The lowest BCUT2D eigenvalue weighted by atomic mass is 9.86. The standard InChI is InChI=1S/C22H33BrF3NO2Si/c1-21(2,3)30(5,6)29-18-13-9-16(10-14-18)20(28)27(4)19(22(24,25)26)15-7-11-17(23)12-8-15/h7-8,11-12,16,18-19H,9-10,13-14H2,1-6H3/t16?,18?,19-/m1/s1. The van der Waals surface area contributed by atoms with Crippen LogP contribution in [0.1, 0.15) is 58.1 Å². The maximum absolute atomic E-state index is 13.8. The molecule has 0 aromatic heterocycles. The van der Waals surface area contributed by atoms with Crippen LogP contribution in [0.5, 0.6) is 0 Å². The monoisotopic (exact) mass is 507 g/mol. The van der Waals surface area contributed by atoms with Crippen molar-refractivity contribution in [1.29, 1.82) is 0 Å². The minimum Gasteiger partial charge on any atom is -0.414 e. The Morgan fingerprint density at radius 3 is 2.03 bits per heavy atom. The summed E-state index contributed by atoms with van der Waals surface area (Å²) >= 11 is 3.24. The second-order valence-electron chi connectivity index (χ2n) is 9.80. The van der Waals surface area contributed by atoms with Crippen molar-refractivity contribution in [1.82, 2.24) is 4.90 Å². The first-order valence-corrected chi connectivity index (χ1v) is 14.1. The molecule has 1 amide bonds. The van der Waals surface area contributed by atoms with Gasteiger partial charge in [-0.3, -0.25) is 4.79 Å². The second-order valence-corrected chi connectivity index (χ2v) is 15.5. The number of alkyl halides is 3. The Bertz CT molecular complexity index is 723. The smallest absolute Gasteiger partial charge is 0.413 e. The third kappa shape index (κ3) is 6.10. The van der Waals surface area contributed by atoms with Crippen molar-refractivity contribution >= 4 is 30.2 Å². The van der Waals surface area contributed by atoms with E-state index in [4.69, 9.17) is 4.43 Å². The largest absolute Gasteiger partial charge is 0.414 e. The van der Waals surface area contributed by atoms with E-state index in [1.165, 1.54) is 19.2 Å². The van der Waals surface area contributed by atoms with Crippen LogP contribution in [0.2, 0.25) is 18.1 Å². The molecule has 1 aromatic rings. The molecule has 1 saturated carbocycles. The molecule has 8 heteroatoms. The molecule has 0 bridgehead atoms. The molecule has 0 spiro atoms. The Hall–Kier alpha value is -0.863. The predicted octanol–water partition coefficient (Wildman–Crippen LogP) is 7.09. The Kier molecular flexibility index (Phi) is 7.89. The molecular formula is C22H33BrF3NO2Si. The molecule has 0 aliphatic heterocycles. The number of carbonyl (C=O) groups excluding carboxylic acids is 1. The minimum atomic E-state index is -4.54. The van der Waals surface area contributed by atoms with Gasteiger partial charge in [0.25, 0.3) is 0 Å². The third-order valence-electron chi connectivity index (χ3n) is 6.52. The second kappa shape index (κ2) is 9.33. The highest BCUT2D eigenvalue weighted by atomic mass is 79.9. The van der Waals surface area contributed by atoms with Crippen molar-refractivity contribution in [2.24, 2.45) is 5.92 Å². The number of amides is 1. The SMILES string of the molecule is CN(C(=O)C1CCC(O[Si](C)(C)C(C)(C)C)CC1)[C@H](c1ccc(Br)cc1)C(F)(F)F. The van der Waals surface area contributed by atoms with Crippen molar-refractivity contribution in [3.05, 3.63) is 34.3 Å². The van der Waals surface area contributed by atoms with E-state index >= 15 is 0 Å². The zero-order valence-corrected chi connectivity index (χ0v) is 21.2. The molecule has 1 atom stereocenters. The average molecular weight is 508 g/mol. The van der Waals surface area contributed by atoms with E-state index in [9.17, 15) is 18.0 Å². The van der Waals surface area contributed by atoms with Crippen LogP contribution >= 0.6 is 15.9 Å². The summed E-state index contributed by atoms with van der Waals surface area (Å²) in [6, 6.07) is 4.01. The van der Waals surface area contributed by atoms with Gasteiger partial charge in [0.2, 0.25) is 5.91 Å². The lowest BCUT2D eigenvalue weighted by Crippen LogP contribution is -2.46. The lowest BCUT2D eigenvalue weighted by molar-refractivity contribution is -0.191. The van der Waals surface area contributed by atoms with E-state index in [0.29, 0.717) is 30.2 Å². The molecule has 1 aliphatic carbocycles. The lowest BCUT2D eigenvalue weighted by Gasteiger charge is -2.41. The molecule has 0 saturated heterocycles. The molecule has 30 heavy (non-hydrogen) atoms. The third-order valence-corrected chi connectivity index (χ3v) is 11.6. The van der Waals surface area contributed by atoms with Crippen LogP contribution in [-0.2, 0) is 9.22 Å². The number of carbonyl (C=O) groups is 1.